The second-order valence-corrected chi connectivity index (χ2v) is 7.67. The molecule has 6 nitrogen and oxygen atoms in total. The number of nitrogens with one attached hydrogen (secondary N) is 1. The Kier molecular flexibility index (Phi) is 6.68. The Balaban J connectivity index is 1.64. The van der Waals surface area contributed by atoms with Crippen LogP contribution in [0, 0.1) is 5.92 Å². The van der Waals surface area contributed by atoms with Crippen molar-refractivity contribution in [2.45, 2.75) is 39.5 Å². The first kappa shape index (κ1) is 19.6. The molecule has 2 heterocycles. The van der Waals surface area contributed by atoms with Crippen LogP contribution < -0.4 is 5.32 Å². The summed E-state index contributed by atoms with van der Waals surface area (Å²) in [5, 5.41) is 9.65. The maximum Gasteiger partial charge on any atom is 0.414 e. The van der Waals surface area contributed by atoms with Gasteiger partial charge in [-0.2, -0.15) is 4.98 Å². The average Bonchev–Trinajstić information content (AvgIpc) is 3.23. The van der Waals surface area contributed by atoms with E-state index in [1.54, 1.807) is 4.52 Å². The molecule has 0 saturated carbocycles. The van der Waals surface area contributed by atoms with Crippen LogP contribution >= 0.6 is 22.9 Å². The predicted octanol–water partition coefficient (Wildman–Crippen LogP) is 5.88. The average molecular weight is 407 g/mol. The number of aromatic nitrogens is 3. The van der Waals surface area contributed by atoms with E-state index in [1.807, 2.05) is 29.6 Å². The monoisotopic (exact) mass is 406 g/mol. The smallest absolute Gasteiger partial charge is 0.414 e. The van der Waals surface area contributed by atoms with Gasteiger partial charge in [0.1, 0.15) is 0 Å². The van der Waals surface area contributed by atoms with Gasteiger partial charge in [-0.25, -0.2) is 9.31 Å². The molecule has 27 heavy (non-hydrogen) atoms. The number of nitrogens with zero attached hydrogens (tertiary/aromatic N) is 3. The van der Waals surface area contributed by atoms with Crippen LogP contribution in [-0.4, -0.2) is 27.3 Å². The molecule has 8 heteroatoms. The highest BCUT2D eigenvalue weighted by atomic mass is 35.5. The number of unbranched alkanes of at least 4 members (excludes halogenated alkanes) is 1. The summed E-state index contributed by atoms with van der Waals surface area (Å²) in [5.74, 6) is 0.634. The van der Waals surface area contributed by atoms with Crippen LogP contribution in [0.15, 0.2) is 29.6 Å². The van der Waals surface area contributed by atoms with Crippen molar-refractivity contribution in [3.63, 3.8) is 0 Å². The van der Waals surface area contributed by atoms with E-state index in [1.165, 1.54) is 11.3 Å². The number of halogens is 1. The van der Waals surface area contributed by atoms with E-state index in [4.69, 9.17) is 16.3 Å². The van der Waals surface area contributed by atoms with Gasteiger partial charge in [-0.1, -0.05) is 56.8 Å². The fourth-order valence-electron chi connectivity index (χ4n) is 2.77. The van der Waals surface area contributed by atoms with Crippen molar-refractivity contribution in [3.8, 4) is 11.3 Å². The van der Waals surface area contributed by atoms with E-state index in [2.05, 4.69) is 29.2 Å². The van der Waals surface area contributed by atoms with Crippen LogP contribution in [0.3, 0.4) is 0 Å². The summed E-state index contributed by atoms with van der Waals surface area (Å²) in [5.41, 5.74) is 1.87. The predicted molar refractivity (Wildman–Crippen MR) is 110 cm³/mol. The molecule has 0 spiro atoms. The fourth-order valence-corrected chi connectivity index (χ4v) is 3.73. The highest BCUT2D eigenvalue weighted by Gasteiger charge is 2.15. The number of fused-ring (bicyclic) bond motifs is 1. The van der Waals surface area contributed by atoms with Crippen LogP contribution in [0.25, 0.3) is 16.2 Å². The zero-order valence-electron chi connectivity index (χ0n) is 15.4. The lowest BCUT2D eigenvalue weighted by atomic mass is 10.0. The third-order valence-electron chi connectivity index (χ3n) is 4.43. The van der Waals surface area contributed by atoms with Gasteiger partial charge in [0.05, 0.1) is 12.3 Å². The van der Waals surface area contributed by atoms with Gasteiger partial charge in [0.25, 0.3) is 5.95 Å². The molecule has 2 aromatic heterocycles. The first-order chi connectivity index (χ1) is 13.1. The summed E-state index contributed by atoms with van der Waals surface area (Å²) in [6.45, 7) is 4.69. The molecule has 3 aromatic rings. The highest BCUT2D eigenvalue weighted by Crippen LogP contribution is 2.27. The molecule has 1 N–H and O–H groups in total. The van der Waals surface area contributed by atoms with E-state index in [0.29, 0.717) is 22.5 Å². The number of benzene rings is 1. The Morgan fingerprint density at radius 1 is 1.33 bits per heavy atom. The van der Waals surface area contributed by atoms with Gasteiger partial charge in [0.15, 0.2) is 0 Å². The normalized spacial score (nSPS) is 12.3. The van der Waals surface area contributed by atoms with Crippen molar-refractivity contribution in [1.29, 1.82) is 0 Å². The first-order valence-electron chi connectivity index (χ1n) is 9.14. The molecule has 0 fully saturated rings. The number of ether oxygens (including phenoxy) is 1. The Morgan fingerprint density at radius 3 is 2.81 bits per heavy atom. The van der Waals surface area contributed by atoms with Crippen LogP contribution in [-0.2, 0) is 4.74 Å². The lowest BCUT2D eigenvalue weighted by Gasteiger charge is -2.14. The van der Waals surface area contributed by atoms with Crippen LogP contribution in [0.2, 0.25) is 5.02 Å². The Labute approximate surface area is 167 Å². The summed E-state index contributed by atoms with van der Waals surface area (Å²) in [6.07, 6.45) is 3.85. The summed E-state index contributed by atoms with van der Waals surface area (Å²) in [4.78, 5) is 17.1. The van der Waals surface area contributed by atoms with Gasteiger partial charge < -0.3 is 4.74 Å². The molecular weight excluding hydrogens is 384 g/mol. The first-order valence-corrected chi connectivity index (χ1v) is 10.4. The standard InChI is InChI=1S/C19H23ClN4O2S/c1-3-5-6-13(4-2)11-26-19(25)22-17-21-18-24(23-17)16(12-27-18)14-7-9-15(20)10-8-14/h7-10,12-13H,3-6,11H2,1-2H3,(H,22,23,25). The molecule has 3 rings (SSSR count). The molecule has 0 saturated heterocycles. The van der Waals surface area contributed by atoms with Crippen molar-refractivity contribution >= 4 is 39.9 Å². The molecule has 0 aliphatic heterocycles. The fraction of sp³-hybridized carbons (Fsp3) is 0.421. The quantitative estimate of drug-likeness (QED) is 0.507. The molecule has 0 aliphatic carbocycles. The van der Waals surface area contributed by atoms with Crippen molar-refractivity contribution in [3.05, 3.63) is 34.7 Å². The number of hydrogen-bond donors (Lipinski definition) is 1. The summed E-state index contributed by atoms with van der Waals surface area (Å²) >= 11 is 7.41. The number of rotatable bonds is 8. The van der Waals surface area contributed by atoms with Crippen LogP contribution in [0.5, 0.6) is 0 Å². The minimum Gasteiger partial charge on any atom is -0.449 e. The van der Waals surface area contributed by atoms with Gasteiger partial charge in [-0.05, 0) is 24.5 Å². The Bertz CT molecular complexity index is 891. The number of anilines is 1. The minimum absolute atomic E-state index is 0.240. The SMILES string of the molecule is CCCCC(CC)COC(=O)Nc1nc2scc(-c3ccc(Cl)cc3)n2n1. The van der Waals surface area contributed by atoms with Gasteiger partial charge >= 0.3 is 6.09 Å². The summed E-state index contributed by atoms with van der Waals surface area (Å²) in [7, 11) is 0. The molecule has 1 amide bonds. The number of carbonyl (C=O) groups is 1. The third-order valence-corrected chi connectivity index (χ3v) is 5.50. The minimum atomic E-state index is -0.517. The van der Waals surface area contributed by atoms with Crippen molar-refractivity contribution in [2.24, 2.45) is 5.92 Å². The van der Waals surface area contributed by atoms with Gasteiger partial charge in [0, 0.05) is 16.0 Å². The number of amides is 1. The van der Waals surface area contributed by atoms with Crippen LogP contribution in [0.1, 0.15) is 39.5 Å². The summed E-state index contributed by atoms with van der Waals surface area (Å²) < 4.78 is 7.05. The van der Waals surface area contributed by atoms with Crippen molar-refractivity contribution < 1.29 is 9.53 Å². The van der Waals surface area contributed by atoms with Crippen molar-refractivity contribution in [2.75, 3.05) is 11.9 Å². The molecule has 1 unspecified atom stereocenters. The molecular formula is C19H23ClN4O2S. The van der Waals surface area contributed by atoms with Gasteiger partial charge in [-0.15, -0.1) is 16.4 Å². The van der Waals surface area contributed by atoms with E-state index < -0.39 is 6.09 Å². The van der Waals surface area contributed by atoms with Crippen molar-refractivity contribution in [1.82, 2.24) is 14.6 Å². The second-order valence-electron chi connectivity index (χ2n) is 6.40. The molecule has 1 aromatic carbocycles. The topological polar surface area (TPSA) is 68.5 Å². The highest BCUT2D eigenvalue weighted by molar-refractivity contribution is 7.15. The van der Waals surface area contributed by atoms with Gasteiger partial charge in [-0.3, -0.25) is 5.32 Å². The molecule has 0 aliphatic rings. The Hall–Kier alpha value is -2.12. The third kappa shape index (κ3) is 4.99. The number of hydrogen-bond acceptors (Lipinski definition) is 5. The molecule has 0 bridgehead atoms. The molecule has 0 radical (unpaired) electrons. The lowest BCUT2D eigenvalue weighted by molar-refractivity contribution is 0.136. The maximum absolute atomic E-state index is 12.1. The molecule has 1 atom stereocenters. The lowest BCUT2D eigenvalue weighted by Crippen LogP contribution is -2.19. The van der Waals surface area contributed by atoms with E-state index in [-0.39, 0.29) is 5.95 Å². The zero-order valence-corrected chi connectivity index (χ0v) is 17.0. The number of thiazole rings is 1. The van der Waals surface area contributed by atoms with Gasteiger partial charge in [0.2, 0.25) is 4.96 Å². The zero-order chi connectivity index (χ0) is 19.2. The maximum atomic E-state index is 12.1. The van der Waals surface area contributed by atoms with E-state index >= 15 is 0 Å². The van der Waals surface area contributed by atoms with Crippen LogP contribution in [0.4, 0.5) is 10.7 Å². The summed E-state index contributed by atoms with van der Waals surface area (Å²) in [6, 6.07) is 7.51. The van der Waals surface area contributed by atoms with E-state index in [0.717, 1.165) is 36.9 Å². The molecule has 144 valence electrons. The second kappa shape index (κ2) is 9.19. The Morgan fingerprint density at radius 2 is 2.11 bits per heavy atom. The van der Waals surface area contributed by atoms with E-state index in [9.17, 15) is 4.79 Å². The largest absolute Gasteiger partial charge is 0.449 e. The number of carbonyl (C=O) groups excluding carboxylic acids is 1.